The monoisotopic (exact) mass is 1020 g/mol. The number of anilines is 2. The lowest BCUT2D eigenvalue weighted by atomic mass is 9.72. The molecule has 79 heavy (non-hydrogen) atoms. The van der Waals surface area contributed by atoms with Crippen LogP contribution in [0.3, 0.4) is 0 Å². The molecule has 4 aromatic heterocycles. The molecule has 8 aromatic carbocycles. The van der Waals surface area contributed by atoms with Crippen molar-refractivity contribution < 1.29 is 0 Å². The zero-order valence-electron chi connectivity index (χ0n) is 43.1. The smallest absolute Gasteiger partial charge is 0.147 e. The molecule has 0 fully saturated rings. The Hall–Kier alpha value is -9.64. The predicted octanol–water partition coefficient (Wildman–Crippen LogP) is 14.8. The number of rotatable bonds is 7. The van der Waals surface area contributed by atoms with Crippen LogP contribution in [0.15, 0.2) is 212 Å². The summed E-state index contributed by atoms with van der Waals surface area (Å²) in [6.07, 6.45) is 12.9. The fourth-order valence-corrected chi connectivity index (χ4v) is 13.4. The molecular weight excluding hydrogens is 969 g/mol. The molecule has 0 bridgehead atoms. The number of para-hydroxylation sites is 5. The fraction of sp³-hybridized carbons (Fsp3) is 0.130. The summed E-state index contributed by atoms with van der Waals surface area (Å²) < 4.78 is 0. The van der Waals surface area contributed by atoms with Crippen LogP contribution in [-0.4, -0.2) is 36.1 Å². The number of aromatic nitrogens is 6. The van der Waals surface area contributed by atoms with Gasteiger partial charge < -0.3 is 15.6 Å². The van der Waals surface area contributed by atoms with Crippen molar-refractivity contribution in [3.8, 4) is 22.8 Å². The molecule has 0 saturated heterocycles. The molecule has 0 aliphatic carbocycles. The molecule has 0 saturated carbocycles. The van der Waals surface area contributed by atoms with E-state index in [1.165, 1.54) is 38.9 Å². The van der Waals surface area contributed by atoms with Crippen LogP contribution >= 0.6 is 0 Å². The largest absolute Gasteiger partial charge is 0.378 e. The lowest BCUT2D eigenvalue weighted by molar-refractivity contribution is 0.267. The number of aliphatic imine (C=N–C) groups is 1. The van der Waals surface area contributed by atoms with Crippen LogP contribution in [-0.2, 0) is 19.3 Å². The second kappa shape index (κ2) is 18.5. The van der Waals surface area contributed by atoms with Gasteiger partial charge in [0.1, 0.15) is 23.3 Å². The molecular formula is C69H52N10. The highest BCUT2D eigenvalue weighted by Gasteiger charge is 2.42. The minimum atomic E-state index is -0.318. The van der Waals surface area contributed by atoms with Crippen LogP contribution in [0.5, 0.6) is 0 Å². The van der Waals surface area contributed by atoms with Gasteiger partial charge in [-0.15, -0.1) is 0 Å². The molecule has 4 N–H and O–H groups in total. The van der Waals surface area contributed by atoms with E-state index in [2.05, 4.69) is 203 Å². The van der Waals surface area contributed by atoms with Gasteiger partial charge in [-0.2, -0.15) is 0 Å². The van der Waals surface area contributed by atoms with Crippen LogP contribution in [0, 0.1) is 5.92 Å². The van der Waals surface area contributed by atoms with E-state index in [4.69, 9.17) is 29.9 Å². The van der Waals surface area contributed by atoms with Gasteiger partial charge in [-0.25, -0.2) is 15.0 Å². The van der Waals surface area contributed by atoms with Crippen LogP contribution in [0.2, 0.25) is 0 Å². The van der Waals surface area contributed by atoms with E-state index in [1.54, 1.807) is 0 Å². The second-order valence-electron chi connectivity index (χ2n) is 21.4. The molecule has 0 amide bonds. The number of pyridine rings is 1. The highest BCUT2D eigenvalue weighted by Crippen LogP contribution is 2.51. The maximum absolute atomic E-state index is 5.54. The molecule has 378 valence electrons. The first kappa shape index (κ1) is 45.5. The van der Waals surface area contributed by atoms with Crippen molar-refractivity contribution in [1.82, 2.24) is 35.2 Å². The van der Waals surface area contributed by atoms with Gasteiger partial charge in [-0.05, 0) is 87.5 Å². The molecule has 4 aliphatic rings. The Labute approximate surface area is 456 Å². The summed E-state index contributed by atoms with van der Waals surface area (Å²) in [7, 11) is 0. The van der Waals surface area contributed by atoms with Gasteiger partial charge in [0.05, 0.1) is 52.3 Å². The van der Waals surface area contributed by atoms with Crippen molar-refractivity contribution in [2.24, 2.45) is 10.9 Å². The molecule has 6 unspecified atom stereocenters. The third-order valence-corrected chi connectivity index (χ3v) is 17.0. The van der Waals surface area contributed by atoms with Crippen LogP contribution < -0.4 is 16.0 Å². The molecule has 12 aromatic rings. The first-order chi connectivity index (χ1) is 39.1. The lowest BCUT2D eigenvalue weighted by Gasteiger charge is -2.44. The maximum atomic E-state index is 5.54. The summed E-state index contributed by atoms with van der Waals surface area (Å²) in [6.45, 7) is 0. The quantitative estimate of drug-likeness (QED) is 0.124. The number of nitrogens with one attached hydrogen (secondary N) is 4. The van der Waals surface area contributed by atoms with Crippen molar-refractivity contribution in [2.75, 3.05) is 10.6 Å². The highest BCUT2D eigenvalue weighted by atomic mass is 15.1. The van der Waals surface area contributed by atoms with Gasteiger partial charge in [-0.3, -0.25) is 20.3 Å². The van der Waals surface area contributed by atoms with Crippen molar-refractivity contribution in [3.05, 3.63) is 263 Å². The minimum Gasteiger partial charge on any atom is -0.378 e. The maximum Gasteiger partial charge on any atom is 0.147 e. The van der Waals surface area contributed by atoms with Crippen molar-refractivity contribution >= 4 is 67.1 Å². The van der Waals surface area contributed by atoms with Crippen molar-refractivity contribution in [1.29, 1.82) is 0 Å². The fourth-order valence-electron chi connectivity index (χ4n) is 13.4. The first-order valence-corrected chi connectivity index (χ1v) is 27.5. The highest BCUT2D eigenvalue weighted by molar-refractivity contribution is 6.02. The Morgan fingerprint density at radius 1 is 0.494 bits per heavy atom. The van der Waals surface area contributed by atoms with E-state index in [0.29, 0.717) is 0 Å². The number of hydrogen-bond donors (Lipinski definition) is 4. The first-order valence-electron chi connectivity index (χ1n) is 27.5. The van der Waals surface area contributed by atoms with Gasteiger partial charge in [0.25, 0.3) is 0 Å². The van der Waals surface area contributed by atoms with E-state index >= 15 is 0 Å². The Balaban J connectivity index is 0.883. The molecule has 8 heterocycles. The van der Waals surface area contributed by atoms with Gasteiger partial charge >= 0.3 is 0 Å². The predicted molar refractivity (Wildman–Crippen MR) is 318 cm³/mol. The van der Waals surface area contributed by atoms with E-state index in [1.807, 2.05) is 36.5 Å². The molecule has 10 nitrogen and oxygen atoms in total. The third kappa shape index (κ3) is 7.65. The second-order valence-corrected chi connectivity index (χ2v) is 21.4. The van der Waals surface area contributed by atoms with Crippen LogP contribution in [0.4, 0.5) is 11.4 Å². The summed E-state index contributed by atoms with van der Waals surface area (Å²) in [6, 6.07) is 66.1. The van der Waals surface area contributed by atoms with E-state index in [-0.39, 0.29) is 36.1 Å². The summed E-state index contributed by atoms with van der Waals surface area (Å²) in [4.78, 5) is 35.9. The number of aromatic amines is 1. The zero-order valence-corrected chi connectivity index (χ0v) is 43.1. The van der Waals surface area contributed by atoms with E-state index in [0.717, 1.165) is 114 Å². The number of H-pyrrole nitrogens is 1. The molecule has 4 aliphatic heterocycles. The number of benzene rings is 8. The SMILES string of the molecule is C1=CC(c2[nH]c(-c3ncc4cccc(C5Nc6ccccc6CC5C5NC(c6nc(-c7cnc8ccccc8n7)c7ccccc7n6)Cc6ccccc65)c4c3C3N=CCc4ccccc43)c3ccccc23)Nc2ccccc21. The molecule has 0 spiro atoms. The van der Waals surface area contributed by atoms with Crippen LogP contribution in [0.1, 0.15) is 86.2 Å². The third-order valence-electron chi connectivity index (χ3n) is 17.0. The van der Waals surface area contributed by atoms with Gasteiger partial charge in [0.15, 0.2) is 0 Å². The van der Waals surface area contributed by atoms with Crippen molar-refractivity contribution in [2.45, 2.75) is 49.5 Å². The Bertz CT molecular complexity index is 4480. The summed E-state index contributed by atoms with van der Waals surface area (Å²) >= 11 is 0. The zero-order chi connectivity index (χ0) is 52.0. The Kier molecular flexibility index (Phi) is 10.7. The summed E-state index contributed by atoms with van der Waals surface area (Å²) in [5, 5.41) is 17.8. The summed E-state index contributed by atoms with van der Waals surface area (Å²) in [5.74, 6) is 0.758. The molecule has 16 rings (SSSR count). The standard InChI is InChI=1S/C69H52N10/c1-5-21-45-40(16-1)34-35-70-66(45)61-60-44(38-72-68(61)67-48-24-8-7-23-47(48)64(78-67)57-33-32-41-17-3-10-27-52(41)73-57)20-15-26-50(60)63-51(36-43-19-4-11-28-53(43)75-63)62-46-22-6-2-18-42(46)37-58(76-62)69-77-54-29-12-9-25-49(54)65(79-69)59-39-71-55-30-13-14-31-56(55)74-59/h1-33,35,38-39,51,57-58,62-63,66,73,75-76,78H,34,36-37H2. The molecule has 0 radical (unpaired) electrons. The van der Waals surface area contributed by atoms with Gasteiger partial charge in [0.2, 0.25) is 0 Å². The number of fused-ring (bicyclic) bond motifs is 8. The summed E-state index contributed by atoms with van der Waals surface area (Å²) in [5.41, 5.74) is 19.1. The minimum absolute atomic E-state index is 0.0206. The van der Waals surface area contributed by atoms with Gasteiger partial charge in [0, 0.05) is 75.0 Å². The normalized spacial score (nSPS) is 20.1. The van der Waals surface area contributed by atoms with Crippen molar-refractivity contribution in [3.63, 3.8) is 0 Å². The van der Waals surface area contributed by atoms with E-state index < -0.39 is 0 Å². The van der Waals surface area contributed by atoms with E-state index in [9.17, 15) is 0 Å². The number of nitrogens with zero attached hydrogens (tertiary/aromatic N) is 6. The average molecular weight is 1020 g/mol. The van der Waals surface area contributed by atoms with Gasteiger partial charge in [-0.1, -0.05) is 170 Å². The lowest BCUT2D eigenvalue weighted by Crippen LogP contribution is -2.43. The average Bonchev–Trinajstić information content (AvgIpc) is 4.12. The molecule has 10 heteroatoms. The topological polar surface area (TPSA) is 129 Å². The van der Waals surface area contributed by atoms with Crippen LogP contribution in [0.25, 0.3) is 72.3 Å². The Morgan fingerprint density at radius 3 is 2.11 bits per heavy atom. The molecule has 6 atom stereocenters. The Morgan fingerprint density at radius 2 is 1.22 bits per heavy atom. The number of hydrogen-bond acceptors (Lipinski definition) is 9.